The lowest BCUT2D eigenvalue weighted by molar-refractivity contribution is -0.137. The highest BCUT2D eigenvalue weighted by Gasteiger charge is 1.99. The Morgan fingerprint density at radius 1 is 1.44 bits per heavy atom. The van der Waals surface area contributed by atoms with Crippen LogP contribution in [0.25, 0.3) is 0 Å². The van der Waals surface area contributed by atoms with Crippen molar-refractivity contribution in [3.63, 3.8) is 0 Å². The third kappa shape index (κ3) is 4.59. The summed E-state index contributed by atoms with van der Waals surface area (Å²) in [7, 11) is 0. The Labute approximate surface area is 92.7 Å². The lowest BCUT2D eigenvalue weighted by atomic mass is 10.2. The van der Waals surface area contributed by atoms with Gasteiger partial charge in [0.05, 0.1) is 0 Å². The van der Waals surface area contributed by atoms with Crippen molar-refractivity contribution in [3.8, 4) is 0 Å². The summed E-state index contributed by atoms with van der Waals surface area (Å²) in [6, 6.07) is 0. The summed E-state index contributed by atoms with van der Waals surface area (Å²) < 4.78 is 0. The largest absolute Gasteiger partial charge is 0.481 e. The molecule has 0 atom stereocenters. The maximum Gasteiger partial charge on any atom is 0.303 e. The number of carboxylic acid groups (broad SMARTS) is 1. The molecule has 6 nitrogen and oxygen atoms in total. The van der Waals surface area contributed by atoms with Crippen molar-refractivity contribution in [1.82, 2.24) is 9.97 Å². The first-order valence-corrected chi connectivity index (χ1v) is 5.19. The van der Waals surface area contributed by atoms with Gasteiger partial charge in [-0.2, -0.15) is 0 Å². The molecule has 0 aliphatic rings. The number of anilines is 1. The first-order valence-electron chi connectivity index (χ1n) is 5.19. The molecule has 88 valence electrons. The van der Waals surface area contributed by atoms with E-state index in [0.29, 0.717) is 18.8 Å². The summed E-state index contributed by atoms with van der Waals surface area (Å²) in [5.41, 5.74) is -0.243. The average molecular weight is 225 g/mol. The van der Waals surface area contributed by atoms with Crippen LogP contribution in [-0.4, -0.2) is 27.6 Å². The average Bonchev–Trinajstić information content (AvgIpc) is 2.25. The van der Waals surface area contributed by atoms with Crippen LogP contribution in [0.1, 0.15) is 25.7 Å². The maximum absolute atomic E-state index is 11.2. The number of nitrogens with zero attached hydrogens (tertiary/aromatic N) is 1. The number of aromatic nitrogens is 2. The molecule has 0 spiro atoms. The number of carboxylic acids is 1. The van der Waals surface area contributed by atoms with Crippen molar-refractivity contribution in [1.29, 1.82) is 0 Å². The number of unbranched alkanes of at least 4 members (excludes halogenated alkanes) is 2. The Morgan fingerprint density at radius 3 is 2.94 bits per heavy atom. The van der Waals surface area contributed by atoms with Crippen molar-refractivity contribution in [2.24, 2.45) is 0 Å². The maximum atomic E-state index is 11.2. The van der Waals surface area contributed by atoms with E-state index in [1.807, 2.05) is 0 Å². The number of rotatable bonds is 7. The topological polar surface area (TPSA) is 95.1 Å². The second kappa shape index (κ2) is 6.60. The van der Waals surface area contributed by atoms with Crippen LogP contribution in [-0.2, 0) is 4.79 Å². The highest BCUT2D eigenvalue weighted by atomic mass is 16.4. The molecule has 16 heavy (non-hydrogen) atoms. The number of carbonyl (C=O) groups is 1. The quantitative estimate of drug-likeness (QED) is 0.597. The first-order chi connectivity index (χ1) is 7.70. The van der Waals surface area contributed by atoms with Crippen LogP contribution in [0.5, 0.6) is 0 Å². The van der Waals surface area contributed by atoms with Gasteiger partial charge in [-0.25, -0.2) is 4.98 Å². The summed E-state index contributed by atoms with van der Waals surface area (Å²) in [4.78, 5) is 27.8. The van der Waals surface area contributed by atoms with E-state index in [1.165, 1.54) is 12.4 Å². The fraction of sp³-hybridized carbons (Fsp3) is 0.500. The standard InChI is InChI=1S/C10H15N3O3/c14-8(15)4-2-1-3-5-11-9-10(16)13-7-6-12-9/h6-7H,1-5H2,(H,11,12)(H,13,16)(H,14,15). The monoisotopic (exact) mass is 225 g/mol. The molecule has 0 aliphatic heterocycles. The van der Waals surface area contributed by atoms with Gasteiger partial charge in [-0.1, -0.05) is 6.42 Å². The first kappa shape index (κ1) is 12.2. The zero-order chi connectivity index (χ0) is 11.8. The molecule has 0 aromatic carbocycles. The number of hydrogen-bond acceptors (Lipinski definition) is 4. The predicted octanol–water partition coefficient (Wildman–Crippen LogP) is 0.827. The van der Waals surface area contributed by atoms with E-state index in [1.54, 1.807) is 0 Å². The molecule has 0 aliphatic carbocycles. The normalized spacial score (nSPS) is 10.0. The zero-order valence-corrected chi connectivity index (χ0v) is 8.90. The van der Waals surface area contributed by atoms with Gasteiger partial charge in [0.1, 0.15) is 0 Å². The number of hydrogen-bond donors (Lipinski definition) is 3. The molecule has 0 saturated carbocycles. The van der Waals surface area contributed by atoms with E-state index in [9.17, 15) is 9.59 Å². The number of nitrogens with one attached hydrogen (secondary N) is 2. The Kier molecular flexibility index (Phi) is 5.04. The Morgan fingerprint density at radius 2 is 2.25 bits per heavy atom. The SMILES string of the molecule is O=C(O)CCCCCNc1ncc[nH]c1=O. The molecule has 0 saturated heterocycles. The molecular weight excluding hydrogens is 210 g/mol. The molecule has 0 amide bonds. The van der Waals surface area contributed by atoms with Gasteiger partial charge in [-0.05, 0) is 12.8 Å². The van der Waals surface area contributed by atoms with Gasteiger partial charge in [-0.15, -0.1) is 0 Å². The fourth-order valence-electron chi connectivity index (χ4n) is 1.26. The molecule has 0 bridgehead atoms. The minimum Gasteiger partial charge on any atom is -0.481 e. The van der Waals surface area contributed by atoms with Gasteiger partial charge in [0, 0.05) is 25.4 Å². The van der Waals surface area contributed by atoms with Crippen LogP contribution in [0.3, 0.4) is 0 Å². The van der Waals surface area contributed by atoms with E-state index in [0.717, 1.165) is 12.8 Å². The van der Waals surface area contributed by atoms with Crippen LogP contribution >= 0.6 is 0 Å². The van der Waals surface area contributed by atoms with Gasteiger partial charge < -0.3 is 15.4 Å². The van der Waals surface area contributed by atoms with E-state index in [-0.39, 0.29) is 12.0 Å². The summed E-state index contributed by atoms with van der Waals surface area (Å²) >= 11 is 0. The van der Waals surface area contributed by atoms with Crippen LogP contribution in [0.2, 0.25) is 0 Å². The van der Waals surface area contributed by atoms with Crippen LogP contribution < -0.4 is 10.9 Å². The van der Waals surface area contributed by atoms with Crippen molar-refractivity contribution in [2.45, 2.75) is 25.7 Å². The second-order valence-corrected chi connectivity index (χ2v) is 3.40. The molecule has 1 rings (SSSR count). The summed E-state index contributed by atoms with van der Waals surface area (Å²) in [5.74, 6) is -0.463. The number of H-pyrrole nitrogens is 1. The molecule has 1 aromatic heterocycles. The smallest absolute Gasteiger partial charge is 0.303 e. The highest BCUT2D eigenvalue weighted by molar-refractivity contribution is 5.66. The fourth-order valence-corrected chi connectivity index (χ4v) is 1.26. The lowest BCUT2D eigenvalue weighted by Crippen LogP contribution is -2.16. The number of aromatic amines is 1. The van der Waals surface area contributed by atoms with Crippen molar-refractivity contribution >= 4 is 11.8 Å². The molecule has 0 radical (unpaired) electrons. The minimum atomic E-state index is -0.769. The van der Waals surface area contributed by atoms with Crippen LogP contribution in [0, 0.1) is 0 Å². The second-order valence-electron chi connectivity index (χ2n) is 3.40. The van der Waals surface area contributed by atoms with E-state index >= 15 is 0 Å². The third-order valence-electron chi connectivity index (χ3n) is 2.07. The van der Waals surface area contributed by atoms with E-state index in [4.69, 9.17) is 5.11 Å². The summed E-state index contributed by atoms with van der Waals surface area (Å²) in [6.45, 7) is 0.625. The van der Waals surface area contributed by atoms with E-state index in [2.05, 4.69) is 15.3 Å². The third-order valence-corrected chi connectivity index (χ3v) is 2.07. The molecule has 0 fully saturated rings. The van der Waals surface area contributed by atoms with Gasteiger partial charge >= 0.3 is 5.97 Å². The Bertz CT molecular complexity index is 389. The van der Waals surface area contributed by atoms with Gasteiger partial charge in [0.25, 0.3) is 5.56 Å². The minimum absolute atomic E-state index is 0.199. The van der Waals surface area contributed by atoms with Crippen molar-refractivity contribution < 1.29 is 9.90 Å². The van der Waals surface area contributed by atoms with E-state index < -0.39 is 5.97 Å². The molecule has 1 heterocycles. The Balaban J connectivity index is 2.14. The summed E-state index contributed by atoms with van der Waals surface area (Å²) in [5, 5.41) is 11.3. The summed E-state index contributed by atoms with van der Waals surface area (Å²) in [6.07, 6.45) is 5.49. The molecular formula is C10H15N3O3. The van der Waals surface area contributed by atoms with Crippen LogP contribution in [0.15, 0.2) is 17.2 Å². The van der Waals surface area contributed by atoms with Gasteiger partial charge in [-0.3, -0.25) is 9.59 Å². The predicted molar refractivity (Wildman–Crippen MR) is 59.5 cm³/mol. The van der Waals surface area contributed by atoms with Gasteiger partial charge in [0.2, 0.25) is 0 Å². The Hall–Kier alpha value is -1.85. The zero-order valence-electron chi connectivity index (χ0n) is 8.90. The molecule has 0 unspecified atom stereocenters. The van der Waals surface area contributed by atoms with Gasteiger partial charge in [0.15, 0.2) is 5.82 Å². The van der Waals surface area contributed by atoms with Crippen molar-refractivity contribution in [3.05, 3.63) is 22.7 Å². The molecule has 1 aromatic rings. The highest BCUT2D eigenvalue weighted by Crippen LogP contribution is 2.00. The number of aliphatic carboxylic acids is 1. The molecule has 3 N–H and O–H groups in total. The van der Waals surface area contributed by atoms with Crippen molar-refractivity contribution in [2.75, 3.05) is 11.9 Å². The molecule has 6 heteroatoms. The lowest BCUT2D eigenvalue weighted by Gasteiger charge is -2.03. The van der Waals surface area contributed by atoms with Crippen LogP contribution in [0.4, 0.5) is 5.82 Å².